The molecule has 0 radical (unpaired) electrons. The molecule has 1 heterocycles. The van der Waals surface area contributed by atoms with E-state index in [-0.39, 0.29) is 5.82 Å². The highest BCUT2D eigenvalue weighted by atomic mass is 19.1. The van der Waals surface area contributed by atoms with Gasteiger partial charge in [0.05, 0.1) is 0 Å². The molecule has 0 saturated carbocycles. The van der Waals surface area contributed by atoms with Gasteiger partial charge in [-0.3, -0.25) is 0 Å². The van der Waals surface area contributed by atoms with E-state index in [9.17, 15) is 4.39 Å². The molecule has 88 valence electrons. The van der Waals surface area contributed by atoms with E-state index in [1.165, 1.54) is 18.9 Å². The van der Waals surface area contributed by atoms with Crippen LogP contribution in [0.3, 0.4) is 0 Å². The summed E-state index contributed by atoms with van der Waals surface area (Å²) in [6.07, 6.45) is 2.53. The smallest absolute Gasteiger partial charge is 0.123 e. The van der Waals surface area contributed by atoms with Gasteiger partial charge in [-0.15, -0.1) is 0 Å². The van der Waals surface area contributed by atoms with Gasteiger partial charge in [0, 0.05) is 19.1 Å². The van der Waals surface area contributed by atoms with Crippen molar-refractivity contribution in [3.8, 4) is 0 Å². The van der Waals surface area contributed by atoms with E-state index in [0.29, 0.717) is 6.04 Å². The zero-order chi connectivity index (χ0) is 11.4. The predicted octanol–water partition coefficient (Wildman–Crippen LogP) is 2.01. The molecule has 1 aliphatic heterocycles. The molecular formula is C13H19FN2. The molecular weight excluding hydrogens is 203 g/mol. The van der Waals surface area contributed by atoms with E-state index in [2.05, 4.69) is 17.3 Å². The summed E-state index contributed by atoms with van der Waals surface area (Å²) in [5.74, 6) is -0.148. The van der Waals surface area contributed by atoms with E-state index >= 15 is 0 Å². The molecule has 0 spiro atoms. The number of rotatable bonds is 4. The zero-order valence-electron chi connectivity index (χ0n) is 9.75. The summed E-state index contributed by atoms with van der Waals surface area (Å²) in [5.41, 5.74) is 1.04. The molecule has 1 aromatic rings. The third-order valence-corrected chi connectivity index (χ3v) is 3.04. The van der Waals surface area contributed by atoms with E-state index in [1.807, 2.05) is 6.07 Å². The summed E-state index contributed by atoms with van der Waals surface area (Å²) in [6, 6.07) is 7.45. The van der Waals surface area contributed by atoms with Gasteiger partial charge in [0.1, 0.15) is 5.82 Å². The third kappa shape index (κ3) is 3.29. The van der Waals surface area contributed by atoms with Gasteiger partial charge in [-0.05, 0) is 44.1 Å². The number of likely N-dealkylation sites (N-methyl/N-ethyl adjacent to an activating group) is 1. The molecule has 1 N–H and O–H groups in total. The van der Waals surface area contributed by atoms with Crippen molar-refractivity contribution in [3.63, 3.8) is 0 Å². The van der Waals surface area contributed by atoms with Crippen LogP contribution in [0.2, 0.25) is 0 Å². The summed E-state index contributed by atoms with van der Waals surface area (Å²) in [6.45, 7) is 2.99. The Labute approximate surface area is 96.5 Å². The van der Waals surface area contributed by atoms with Crippen molar-refractivity contribution >= 4 is 0 Å². The fourth-order valence-electron chi connectivity index (χ4n) is 2.30. The SMILES string of the molecule is CN(Cc1cccc(F)c1)C[C@H]1CCCN1. The van der Waals surface area contributed by atoms with Gasteiger partial charge < -0.3 is 10.2 Å². The maximum atomic E-state index is 13.0. The molecule has 1 atom stereocenters. The van der Waals surface area contributed by atoms with Crippen LogP contribution in [0.1, 0.15) is 18.4 Å². The van der Waals surface area contributed by atoms with Gasteiger partial charge in [-0.2, -0.15) is 0 Å². The van der Waals surface area contributed by atoms with E-state index in [0.717, 1.165) is 25.2 Å². The Bertz CT molecular complexity index is 334. The molecule has 0 bridgehead atoms. The lowest BCUT2D eigenvalue weighted by molar-refractivity contribution is 0.293. The first-order valence-electron chi connectivity index (χ1n) is 5.90. The lowest BCUT2D eigenvalue weighted by Gasteiger charge is -2.21. The molecule has 2 nitrogen and oxygen atoms in total. The normalized spacial score (nSPS) is 20.6. The van der Waals surface area contributed by atoms with Gasteiger partial charge in [0.2, 0.25) is 0 Å². The van der Waals surface area contributed by atoms with Crippen LogP contribution in [-0.2, 0) is 6.54 Å². The summed E-state index contributed by atoms with van der Waals surface area (Å²) >= 11 is 0. The molecule has 0 aliphatic carbocycles. The third-order valence-electron chi connectivity index (χ3n) is 3.04. The molecule has 0 amide bonds. The lowest BCUT2D eigenvalue weighted by atomic mass is 10.2. The summed E-state index contributed by atoms with van der Waals surface area (Å²) in [7, 11) is 2.09. The Balaban J connectivity index is 1.84. The molecule has 1 fully saturated rings. The molecule has 0 unspecified atom stereocenters. The van der Waals surface area contributed by atoms with E-state index < -0.39 is 0 Å². The van der Waals surface area contributed by atoms with Gasteiger partial charge in [0.15, 0.2) is 0 Å². The van der Waals surface area contributed by atoms with Crippen molar-refractivity contribution in [2.45, 2.75) is 25.4 Å². The summed E-state index contributed by atoms with van der Waals surface area (Å²) in [5, 5.41) is 3.47. The topological polar surface area (TPSA) is 15.3 Å². The molecule has 3 heteroatoms. The van der Waals surface area contributed by atoms with Crippen molar-refractivity contribution in [1.82, 2.24) is 10.2 Å². The second-order valence-electron chi connectivity index (χ2n) is 4.62. The first-order valence-corrected chi connectivity index (χ1v) is 5.90. The average Bonchev–Trinajstić information content (AvgIpc) is 2.70. The van der Waals surface area contributed by atoms with Crippen LogP contribution in [0, 0.1) is 5.82 Å². The highest BCUT2D eigenvalue weighted by Gasteiger charge is 2.15. The van der Waals surface area contributed by atoms with Crippen LogP contribution in [0.25, 0.3) is 0 Å². The monoisotopic (exact) mass is 222 g/mol. The van der Waals surface area contributed by atoms with E-state index in [1.54, 1.807) is 12.1 Å². The molecule has 16 heavy (non-hydrogen) atoms. The Morgan fingerprint density at radius 3 is 3.06 bits per heavy atom. The molecule has 1 aliphatic rings. The number of benzene rings is 1. The van der Waals surface area contributed by atoms with E-state index in [4.69, 9.17) is 0 Å². The summed E-state index contributed by atoms with van der Waals surface area (Å²) < 4.78 is 13.0. The van der Waals surface area contributed by atoms with Crippen LogP contribution in [0.4, 0.5) is 4.39 Å². The first kappa shape index (κ1) is 11.6. The van der Waals surface area contributed by atoms with Crippen LogP contribution < -0.4 is 5.32 Å². The minimum absolute atomic E-state index is 0.148. The van der Waals surface area contributed by atoms with Crippen molar-refractivity contribution in [1.29, 1.82) is 0 Å². The minimum atomic E-state index is -0.148. The first-order chi connectivity index (χ1) is 7.74. The Morgan fingerprint density at radius 1 is 1.50 bits per heavy atom. The van der Waals surface area contributed by atoms with Crippen LogP contribution in [-0.4, -0.2) is 31.1 Å². The maximum Gasteiger partial charge on any atom is 0.123 e. The second kappa shape index (κ2) is 5.41. The Kier molecular flexibility index (Phi) is 3.91. The van der Waals surface area contributed by atoms with Crippen LogP contribution in [0.5, 0.6) is 0 Å². The number of hydrogen-bond donors (Lipinski definition) is 1. The van der Waals surface area contributed by atoms with Gasteiger partial charge in [0.25, 0.3) is 0 Å². The van der Waals surface area contributed by atoms with Crippen molar-refractivity contribution in [2.24, 2.45) is 0 Å². The zero-order valence-corrected chi connectivity index (χ0v) is 9.75. The molecule has 2 rings (SSSR count). The van der Waals surface area contributed by atoms with Crippen molar-refractivity contribution < 1.29 is 4.39 Å². The minimum Gasteiger partial charge on any atom is -0.313 e. The standard InChI is InChI=1S/C13H19FN2/c1-16(10-13-6-3-7-15-13)9-11-4-2-5-12(14)8-11/h2,4-5,8,13,15H,3,6-7,9-10H2,1H3/t13-/m1/s1. The molecule has 1 aromatic carbocycles. The largest absolute Gasteiger partial charge is 0.313 e. The molecule has 1 saturated heterocycles. The average molecular weight is 222 g/mol. The van der Waals surface area contributed by atoms with Crippen molar-refractivity contribution in [3.05, 3.63) is 35.6 Å². The maximum absolute atomic E-state index is 13.0. The molecule has 0 aromatic heterocycles. The predicted molar refractivity (Wildman–Crippen MR) is 63.8 cm³/mol. The Hall–Kier alpha value is -0.930. The number of nitrogens with one attached hydrogen (secondary N) is 1. The number of nitrogens with zero attached hydrogens (tertiary/aromatic N) is 1. The van der Waals surface area contributed by atoms with Gasteiger partial charge >= 0.3 is 0 Å². The van der Waals surface area contributed by atoms with Crippen LogP contribution in [0.15, 0.2) is 24.3 Å². The fourth-order valence-corrected chi connectivity index (χ4v) is 2.30. The number of halogens is 1. The van der Waals surface area contributed by atoms with Gasteiger partial charge in [-0.1, -0.05) is 12.1 Å². The van der Waals surface area contributed by atoms with Crippen LogP contribution >= 0.6 is 0 Å². The second-order valence-corrected chi connectivity index (χ2v) is 4.62. The lowest BCUT2D eigenvalue weighted by Crippen LogP contribution is -2.34. The summed E-state index contributed by atoms with van der Waals surface area (Å²) in [4.78, 5) is 2.25. The number of hydrogen-bond acceptors (Lipinski definition) is 2. The quantitative estimate of drug-likeness (QED) is 0.838. The highest BCUT2D eigenvalue weighted by molar-refractivity contribution is 5.16. The van der Waals surface area contributed by atoms with Crippen molar-refractivity contribution in [2.75, 3.05) is 20.1 Å². The highest BCUT2D eigenvalue weighted by Crippen LogP contribution is 2.10. The Morgan fingerprint density at radius 2 is 2.38 bits per heavy atom. The fraction of sp³-hybridized carbons (Fsp3) is 0.538. The van der Waals surface area contributed by atoms with Gasteiger partial charge in [-0.25, -0.2) is 4.39 Å².